The largest absolute Gasteiger partial charge is 0.492 e. The molecule has 1 aliphatic rings. The van der Waals surface area contributed by atoms with Crippen molar-refractivity contribution in [1.82, 2.24) is 10.2 Å². The standard InChI is InChI=1S/C14H17N3O3S/c1-9-14(19)16-12(18)8-17(9)6-7-20-11-4-2-10(3-5-11)13(15)21/h2-5,9H,6-8H2,1H3,(H2,15,21)(H,16,18,19). The summed E-state index contributed by atoms with van der Waals surface area (Å²) in [6.45, 7) is 2.85. The lowest BCUT2D eigenvalue weighted by Crippen LogP contribution is -2.57. The fourth-order valence-electron chi connectivity index (χ4n) is 2.04. The van der Waals surface area contributed by atoms with E-state index in [-0.39, 0.29) is 24.4 Å². The predicted molar refractivity (Wildman–Crippen MR) is 82.0 cm³/mol. The van der Waals surface area contributed by atoms with Crippen LogP contribution < -0.4 is 15.8 Å². The monoisotopic (exact) mass is 307 g/mol. The van der Waals surface area contributed by atoms with E-state index in [1.807, 2.05) is 0 Å². The van der Waals surface area contributed by atoms with Crippen molar-refractivity contribution in [3.8, 4) is 5.75 Å². The number of thiocarbonyl (C=S) groups is 1. The molecular formula is C14H17N3O3S. The summed E-state index contributed by atoms with van der Waals surface area (Å²) in [5, 5.41) is 2.30. The lowest BCUT2D eigenvalue weighted by Gasteiger charge is -2.31. The number of rotatable bonds is 5. The van der Waals surface area contributed by atoms with Crippen molar-refractivity contribution in [2.45, 2.75) is 13.0 Å². The molecule has 1 heterocycles. The zero-order chi connectivity index (χ0) is 15.4. The third kappa shape index (κ3) is 3.99. The number of piperazine rings is 1. The van der Waals surface area contributed by atoms with E-state index in [4.69, 9.17) is 22.7 Å². The van der Waals surface area contributed by atoms with Crippen LogP contribution in [0.4, 0.5) is 0 Å². The molecule has 112 valence electrons. The first-order valence-electron chi connectivity index (χ1n) is 6.58. The third-order valence-electron chi connectivity index (χ3n) is 3.32. The maximum absolute atomic E-state index is 11.5. The van der Waals surface area contributed by atoms with E-state index in [0.29, 0.717) is 23.9 Å². The summed E-state index contributed by atoms with van der Waals surface area (Å²) in [5.74, 6) is 0.140. The highest BCUT2D eigenvalue weighted by Gasteiger charge is 2.29. The normalized spacial score (nSPS) is 19.2. The van der Waals surface area contributed by atoms with Gasteiger partial charge in [-0.25, -0.2) is 0 Å². The minimum atomic E-state index is -0.330. The number of nitrogens with zero attached hydrogens (tertiary/aromatic N) is 1. The number of nitrogens with one attached hydrogen (secondary N) is 1. The number of imide groups is 1. The molecule has 1 aliphatic heterocycles. The van der Waals surface area contributed by atoms with E-state index in [0.717, 1.165) is 5.56 Å². The van der Waals surface area contributed by atoms with Crippen LogP contribution in [0.15, 0.2) is 24.3 Å². The fourth-order valence-corrected chi connectivity index (χ4v) is 2.17. The quantitative estimate of drug-likeness (QED) is 0.590. The average molecular weight is 307 g/mol. The maximum atomic E-state index is 11.5. The number of hydrogen-bond donors (Lipinski definition) is 2. The van der Waals surface area contributed by atoms with Crippen molar-refractivity contribution in [2.24, 2.45) is 5.73 Å². The molecule has 0 bridgehead atoms. The predicted octanol–water partition coefficient (Wildman–Crippen LogP) is 0.0465. The first kappa shape index (κ1) is 15.4. The Morgan fingerprint density at radius 3 is 2.71 bits per heavy atom. The summed E-state index contributed by atoms with van der Waals surface area (Å²) in [6, 6.07) is 6.82. The first-order valence-corrected chi connectivity index (χ1v) is 6.98. The molecule has 1 aromatic rings. The van der Waals surface area contributed by atoms with E-state index in [1.165, 1.54) is 0 Å². The van der Waals surface area contributed by atoms with Gasteiger partial charge in [0.1, 0.15) is 17.3 Å². The summed E-state index contributed by atoms with van der Waals surface area (Å²) in [5.41, 5.74) is 6.30. The average Bonchev–Trinajstić information content (AvgIpc) is 2.44. The molecule has 7 heteroatoms. The Labute approximate surface area is 128 Å². The zero-order valence-corrected chi connectivity index (χ0v) is 12.5. The van der Waals surface area contributed by atoms with Crippen molar-refractivity contribution in [2.75, 3.05) is 19.7 Å². The first-order chi connectivity index (χ1) is 9.97. The molecule has 1 saturated heterocycles. The van der Waals surface area contributed by atoms with Crippen molar-refractivity contribution in [3.05, 3.63) is 29.8 Å². The lowest BCUT2D eigenvalue weighted by molar-refractivity contribution is -0.139. The minimum absolute atomic E-state index is 0.205. The molecule has 6 nitrogen and oxygen atoms in total. The van der Waals surface area contributed by atoms with Gasteiger partial charge in [0.25, 0.3) is 0 Å². The van der Waals surface area contributed by atoms with E-state index < -0.39 is 0 Å². The van der Waals surface area contributed by atoms with Crippen LogP contribution in [0.5, 0.6) is 5.75 Å². The number of carbonyl (C=O) groups is 2. The van der Waals surface area contributed by atoms with Gasteiger partial charge in [0.05, 0.1) is 12.6 Å². The van der Waals surface area contributed by atoms with Gasteiger partial charge in [-0.15, -0.1) is 0 Å². The van der Waals surface area contributed by atoms with Crippen LogP contribution in [-0.4, -0.2) is 47.4 Å². The molecule has 1 aromatic carbocycles. The van der Waals surface area contributed by atoms with E-state index in [2.05, 4.69) is 5.32 Å². The molecule has 2 amide bonds. The van der Waals surface area contributed by atoms with Crippen LogP contribution in [0.2, 0.25) is 0 Å². The second-order valence-electron chi connectivity index (χ2n) is 4.80. The highest BCUT2D eigenvalue weighted by Crippen LogP contribution is 2.12. The molecule has 21 heavy (non-hydrogen) atoms. The van der Waals surface area contributed by atoms with E-state index in [9.17, 15) is 9.59 Å². The van der Waals surface area contributed by atoms with Gasteiger partial charge in [0.15, 0.2) is 0 Å². The Hall–Kier alpha value is -1.99. The van der Waals surface area contributed by atoms with Gasteiger partial charge in [-0.3, -0.25) is 19.8 Å². The lowest BCUT2D eigenvalue weighted by atomic mass is 10.2. The highest BCUT2D eigenvalue weighted by atomic mass is 32.1. The van der Waals surface area contributed by atoms with Gasteiger partial charge in [-0.1, -0.05) is 12.2 Å². The maximum Gasteiger partial charge on any atom is 0.243 e. The molecule has 0 saturated carbocycles. The molecular weight excluding hydrogens is 290 g/mol. The van der Waals surface area contributed by atoms with Crippen molar-refractivity contribution >= 4 is 29.0 Å². The molecule has 0 spiro atoms. The second-order valence-corrected chi connectivity index (χ2v) is 5.24. The molecule has 1 atom stereocenters. The van der Waals surface area contributed by atoms with Gasteiger partial charge >= 0.3 is 0 Å². The minimum Gasteiger partial charge on any atom is -0.492 e. The molecule has 0 aromatic heterocycles. The van der Waals surface area contributed by atoms with E-state index >= 15 is 0 Å². The van der Waals surface area contributed by atoms with Crippen LogP contribution in [0.3, 0.4) is 0 Å². The number of carbonyl (C=O) groups excluding carboxylic acids is 2. The summed E-state index contributed by atoms with van der Waals surface area (Å²) >= 11 is 4.87. The molecule has 1 fully saturated rings. The topological polar surface area (TPSA) is 84.7 Å². The number of ether oxygens (including phenoxy) is 1. The summed E-state index contributed by atoms with van der Waals surface area (Å²) in [7, 11) is 0. The van der Waals surface area contributed by atoms with Crippen molar-refractivity contribution in [1.29, 1.82) is 0 Å². The Bertz CT molecular complexity index is 559. The Morgan fingerprint density at radius 2 is 2.10 bits per heavy atom. The SMILES string of the molecule is CC1C(=O)NC(=O)CN1CCOc1ccc(C(N)=S)cc1. The van der Waals surface area contributed by atoms with Crippen LogP contribution in [0, 0.1) is 0 Å². The molecule has 3 N–H and O–H groups in total. The highest BCUT2D eigenvalue weighted by molar-refractivity contribution is 7.80. The zero-order valence-electron chi connectivity index (χ0n) is 11.7. The van der Waals surface area contributed by atoms with Gasteiger partial charge in [0, 0.05) is 12.1 Å². The van der Waals surface area contributed by atoms with Gasteiger partial charge in [0.2, 0.25) is 11.8 Å². The fraction of sp³-hybridized carbons (Fsp3) is 0.357. The summed E-state index contributed by atoms with van der Waals surface area (Å²) in [6.07, 6.45) is 0. The Balaban J connectivity index is 1.84. The smallest absolute Gasteiger partial charge is 0.243 e. The van der Waals surface area contributed by atoms with Crippen LogP contribution in [0.25, 0.3) is 0 Å². The second kappa shape index (κ2) is 6.64. The van der Waals surface area contributed by atoms with E-state index in [1.54, 1.807) is 36.1 Å². The third-order valence-corrected chi connectivity index (χ3v) is 3.56. The van der Waals surface area contributed by atoms with Crippen LogP contribution >= 0.6 is 12.2 Å². The number of amides is 2. The molecule has 0 radical (unpaired) electrons. The molecule has 1 unspecified atom stereocenters. The van der Waals surface area contributed by atoms with Crippen LogP contribution in [-0.2, 0) is 9.59 Å². The Morgan fingerprint density at radius 1 is 1.43 bits per heavy atom. The van der Waals surface area contributed by atoms with Gasteiger partial charge in [-0.05, 0) is 31.2 Å². The number of hydrogen-bond acceptors (Lipinski definition) is 5. The number of nitrogens with two attached hydrogens (primary N) is 1. The molecule has 2 rings (SSSR count). The summed E-state index contributed by atoms with van der Waals surface area (Å²) in [4.78, 5) is 25.0. The van der Waals surface area contributed by atoms with Crippen molar-refractivity contribution < 1.29 is 14.3 Å². The van der Waals surface area contributed by atoms with Gasteiger partial charge in [-0.2, -0.15) is 0 Å². The van der Waals surface area contributed by atoms with Crippen molar-refractivity contribution in [3.63, 3.8) is 0 Å². The van der Waals surface area contributed by atoms with Crippen LogP contribution in [0.1, 0.15) is 12.5 Å². The Kier molecular flexibility index (Phi) is 4.87. The van der Waals surface area contributed by atoms with Gasteiger partial charge < -0.3 is 10.5 Å². The summed E-state index contributed by atoms with van der Waals surface area (Å²) < 4.78 is 5.59. The number of benzene rings is 1. The molecule has 0 aliphatic carbocycles.